The molecule has 1 fully saturated rings. The maximum absolute atomic E-state index is 10.7. The van der Waals surface area contributed by atoms with Gasteiger partial charge < -0.3 is 9.52 Å². The maximum Gasteiger partial charge on any atom is 0.0963 e. The van der Waals surface area contributed by atoms with Crippen molar-refractivity contribution >= 4 is 0 Å². The highest BCUT2D eigenvalue weighted by atomic mass is 16.3. The molecule has 2 atom stereocenters. The maximum atomic E-state index is 10.7. The summed E-state index contributed by atoms with van der Waals surface area (Å²) < 4.78 is 5.11. The largest absolute Gasteiger partial charge is 0.472 e. The Hall–Kier alpha value is -0.760. The molecule has 17 heavy (non-hydrogen) atoms. The third-order valence-electron chi connectivity index (χ3n) is 4.33. The third kappa shape index (κ3) is 2.74. The van der Waals surface area contributed by atoms with Crippen molar-refractivity contribution in [2.75, 3.05) is 0 Å². The molecule has 1 aromatic rings. The molecule has 0 radical (unpaired) electrons. The van der Waals surface area contributed by atoms with E-state index in [-0.39, 0.29) is 0 Å². The summed E-state index contributed by atoms with van der Waals surface area (Å²) in [5, 5.41) is 10.7. The van der Waals surface area contributed by atoms with Crippen LogP contribution in [0.15, 0.2) is 23.0 Å². The van der Waals surface area contributed by atoms with Gasteiger partial charge in [0.15, 0.2) is 0 Å². The van der Waals surface area contributed by atoms with Crippen LogP contribution in [-0.2, 0) is 5.60 Å². The first kappa shape index (κ1) is 12.7. The van der Waals surface area contributed by atoms with Crippen LogP contribution in [0.4, 0.5) is 0 Å². The van der Waals surface area contributed by atoms with E-state index in [4.69, 9.17) is 4.42 Å². The minimum Gasteiger partial charge on any atom is -0.472 e. The van der Waals surface area contributed by atoms with Crippen LogP contribution in [0.1, 0.15) is 58.4 Å². The van der Waals surface area contributed by atoms with E-state index in [1.807, 2.05) is 6.07 Å². The molecule has 0 bridgehead atoms. The fourth-order valence-corrected chi connectivity index (χ4v) is 3.01. The van der Waals surface area contributed by atoms with Crippen LogP contribution in [0.2, 0.25) is 0 Å². The standard InChI is InChI=1S/C15H24O2/c1-14(2,3)12-5-4-8-15(16,9-6-12)13-7-10-17-11-13/h7,10-12,16H,4-6,8-9H2,1-3H3. The van der Waals surface area contributed by atoms with E-state index in [9.17, 15) is 5.11 Å². The van der Waals surface area contributed by atoms with Crippen LogP contribution in [0.25, 0.3) is 0 Å². The van der Waals surface area contributed by atoms with Crippen molar-refractivity contribution in [2.24, 2.45) is 11.3 Å². The summed E-state index contributed by atoms with van der Waals surface area (Å²) in [5.74, 6) is 0.712. The number of aliphatic hydroxyl groups is 1. The molecule has 2 rings (SSSR count). The fraction of sp³-hybridized carbons (Fsp3) is 0.733. The Labute approximate surface area is 104 Å². The molecule has 1 saturated carbocycles. The molecule has 0 spiro atoms. The van der Waals surface area contributed by atoms with Gasteiger partial charge in [-0.1, -0.05) is 20.8 Å². The van der Waals surface area contributed by atoms with Crippen molar-refractivity contribution in [3.05, 3.63) is 24.2 Å². The average Bonchev–Trinajstić information content (AvgIpc) is 2.68. The molecule has 0 amide bonds. The van der Waals surface area contributed by atoms with Gasteiger partial charge in [-0.3, -0.25) is 0 Å². The van der Waals surface area contributed by atoms with Crippen LogP contribution >= 0.6 is 0 Å². The van der Waals surface area contributed by atoms with E-state index in [1.54, 1.807) is 12.5 Å². The number of rotatable bonds is 1. The second-order valence-corrected chi connectivity index (χ2v) is 6.54. The minimum absolute atomic E-state index is 0.349. The smallest absolute Gasteiger partial charge is 0.0963 e. The van der Waals surface area contributed by atoms with Crippen molar-refractivity contribution in [1.82, 2.24) is 0 Å². The first-order valence-corrected chi connectivity index (χ1v) is 6.67. The molecular formula is C15H24O2. The van der Waals surface area contributed by atoms with E-state index < -0.39 is 5.60 Å². The van der Waals surface area contributed by atoms with Crippen LogP contribution in [0.3, 0.4) is 0 Å². The molecule has 1 aromatic heterocycles. The topological polar surface area (TPSA) is 33.4 Å². The van der Waals surface area contributed by atoms with Gasteiger partial charge in [-0.2, -0.15) is 0 Å². The second kappa shape index (κ2) is 4.49. The van der Waals surface area contributed by atoms with Crippen molar-refractivity contribution in [3.8, 4) is 0 Å². The number of hydrogen-bond acceptors (Lipinski definition) is 2. The second-order valence-electron chi connectivity index (χ2n) is 6.54. The normalized spacial score (nSPS) is 31.2. The van der Waals surface area contributed by atoms with E-state index in [2.05, 4.69) is 20.8 Å². The molecule has 2 unspecified atom stereocenters. The predicted octanol–water partition coefficient (Wildman–Crippen LogP) is 4.09. The molecule has 0 saturated heterocycles. The number of hydrogen-bond donors (Lipinski definition) is 1. The Morgan fingerprint density at radius 2 is 2.06 bits per heavy atom. The molecule has 0 aliphatic heterocycles. The lowest BCUT2D eigenvalue weighted by Gasteiger charge is -2.30. The lowest BCUT2D eigenvalue weighted by atomic mass is 9.76. The zero-order valence-electron chi connectivity index (χ0n) is 11.2. The van der Waals surface area contributed by atoms with Crippen molar-refractivity contribution in [2.45, 2.75) is 58.5 Å². The van der Waals surface area contributed by atoms with Gasteiger partial charge in [-0.25, -0.2) is 0 Å². The lowest BCUT2D eigenvalue weighted by Crippen LogP contribution is -2.25. The van der Waals surface area contributed by atoms with Gasteiger partial charge in [0.25, 0.3) is 0 Å². The average molecular weight is 236 g/mol. The van der Waals surface area contributed by atoms with Crippen LogP contribution in [0, 0.1) is 11.3 Å². The summed E-state index contributed by atoms with van der Waals surface area (Å²) in [5.41, 5.74) is 0.640. The molecule has 1 aliphatic carbocycles. The lowest BCUT2D eigenvalue weighted by molar-refractivity contribution is 0.0174. The van der Waals surface area contributed by atoms with Gasteiger partial charge in [0.2, 0.25) is 0 Å². The van der Waals surface area contributed by atoms with Gasteiger partial charge >= 0.3 is 0 Å². The third-order valence-corrected chi connectivity index (χ3v) is 4.33. The van der Waals surface area contributed by atoms with Crippen molar-refractivity contribution in [3.63, 3.8) is 0 Å². The highest BCUT2D eigenvalue weighted by Crippen LogP contribution is 2.43. The Balaban J connectivity index is 2.10. The Morgan fingerprint density at radius 3 is 2.65 bits per heavy atom. The summed E-state index contributed by atoms with van der Waals surface area (Å²) in [4.78, 5) is 0. The summed E-state index contributed by atoms with van der Waals surface area (Å²) in [6.07, 6.45) is 8.49. The summed E-state index contributed by atoms with van der Waals surface area (Å²) >= 11 is 0. The molecule has 1 aliphatic rings. The molecule has 96 valence electrons. The SMILES string of the molecule is CC(C)(C)C1CCCC(O)(c2ccoc2)CC1. The van der Waals surface area contributed by atoms with E-state index in [1.165, 1.54) is 6.42 Å². The molecule has 2 heteroatoms. The Kier molecular flexibility index (Phi) is 3.35. The van der Waals surface area contributed by atoms with E-state index >= 15 is 0 Å². The van der Waals surface area contributed by atoms with Gasteiger partial charge in [0, 0.05) is 5.56 Å². The van der Waals surface area contributed by atoms with Crippen LogP contribution < -0.4 is 0 Å². The monoisotopic (exact) mass is 236 g/mol. The summed E-state index contributed by atoms with van der Waals surface area (Å²) in [7, 11) is 0. The number of furan rings is 1. The van der Waals surface area contributed by atoms with E-state index in [0.29, 0.717) is 11.3 Å². The predicted molar refractivity (Wildman–Crippen MR) is 68.6 cm³/mol. The van der Waals surface area contributed by atoms with Crippen LogP contribution in [-0.4, -0.2) is 5.11 Å². The van der Waals surface area contributed by atoms with Crippen LogP contribution in [0.5, 0.6) is 0 Å². The van der Waals surface area contributed by atoms with Gasteiger partial charge in [-0.05, 0) is 49.5 Å². The quantitative estimate of drug-likeness (QED) is 0.745. The van der Waals surface area contributed by atoms with Gasteiger partial charge in [-0.15, -0.1) is 0 Å². The molecule has 1 heterocycles. The van der Waals surface area contributed by atoms with Gasteiger partial charge in [0.05, 0.1) is 18.1 Å². The molecule has 0 aromatic carbocycles. The Bertz CT molecular complexity index is 347. The zero-order chi connectivity index (χ0) is 12.5. The minimum atomic E-state index is -0.660. The molecule has 1 N–H and O–H groups in total. The molecular weight excluding hydrogens is 212 g/mol. The highest BCUT2D eigenvalue weighted by Gasteiger charge is 2.36. The van der Waals surface area contributed by atoms with Crippen molar-refractivity contribution in [1.29, 1.82) is 0 Å². The van der Waals surface area contributed by atoms with Crippen molar-refractivity contribution < 1.29 is 9.52 Å². The summed E-state index contributed by atoms with van der Waals surface area (Å²) in [6.45, 7) is 6.92. The Morgan fingerprint density at radius 1 is 1.29 bits per heavy atom. The fourth-order valence-electron chi connectivity index (χ4n) is 3.01. The van der Waals surface area contributed by atoms with Gasteiger partial charge in [0.1, 0.15) is 0 Å². The first-order valence-electron chi connectivity index (χ1n) is 6.67. The first-order chi connectivity index (χ1) is 7.92. The molecule has 2 nitrogen and oxygen atoms in total. The van der Waals surface area contributed by atoms with E-state index in [0.717, 1.165) is 31.2 Å². The zero-order valence-corrected chi connectivity index (χ0v) is 11.2. The highest BCUT2D eigenvalue weighted by molar-refractivity contribution is 5.16. The summed E-state index contributed by atoms with van der Waals surface area (Å²) in [6, 6.07) is 1.90.